The maximum absolute atomic E-state index is 2.59. The van der Waals surface area contributed by atoms with Gasteiger partial charge in [-0.15, -0.1) is 0 Å². The summed E-state index contributed by atoms with van der Waals surface area (Å²) in [6.45, 7) is 7.54. The third kappa shape index (κ3) is 3.95. The Kier molecular flexibility index (Phi) is 6.07. The van der Waals surface area contributed by atoms with Crippen LogP contribution >= 0.6 is 0 Å². The zero-order chi connectivity index (χ0) is 32.9. The third-order valence-electron chi connectivity index (χ3n) is 11.1. The SMILES string of the molecule is Cc1cc2c3c(c1)N(c1ccccc1-c1ccccc1)c1cccc4c1B3c1c(cccc1[Si]4(C)C)N2c1ccccc1-c1ccccc1. The van der Waals surface area contributed by atoms with E-state index in [-0.39, 0.29) is 6.71 Å². The molecule has 0 N–H and O–H groups in total. The van der Waals surface area contributed by atoms with Crippen LogP contribution in [0.5, 0.6) is 0 Å². The molecule has 0 saturated heterocycles. The van der Waals surface area contributed by atoms with Crippen LogP contribution in [-0.2, 0) is 0 Å². The molecule has 3 aliphatic rings. The van der Waals surface area contributed by atoms with Crippen molar-refractivity contribution in [2.24, 2.45) is 0 Å². The molecule has 4 heteroatoms. The number of rotatable bonds is 4. The summed E-state index contributed by atoms with van der Waals surface area (Å²) in [7, 11) is -2.09. The average molecular weight is 643 g/mol. The molecule has 0 fully saturated rings. The van der Waals surface area contributed by atoms with Crippen LogP contribution in [0.3, 0.4) is 0 Å². The van der Waals surface area contributed by atoms with Crippen molar-refractivity contribution in [3.05, 3.63) is 163 Å². The Balaban J connectivity index is 1.34. The third-order valence-corrected chi connectivity index (χ3v) is 14.6. The Labute approximate surface area is 290 Å². The second-order valence-corrected chi connectivity index (χ2v) is 18.5. The lowest BCUT2D eigenvalue weighted by Gasteiger charge is -2.50. The maximum Gasteiger partial charge on any atom is 0.251 e. The van der Waals surface area contributed by atoms with Crippen molar-refractivity contribution < 1.29 is 0 Å². The van der Waals surface area contributed by atoms with E-state index in [1.807, 2.05) is 0 Å². The average Bonchev–Trinajstić information content (AvgIpc) is 3.14. The second-order valence-electron chi connectivity index (χ2n) is 14.2. The highest BCUT2D eigenvalue weighted by atomic mass is 28.3. The first kappa shape index (κ1) is 28.4. The molecule has 0 amide bonds. The molecule has 0 aromatic heterocycles. The largest absolute Gasteiger partial charge is 0.311 e. The van der Waals surface area contributed by atoms with E-state index >= 15 is 0 Å². The molecule has 7 aromatic rings. The minimum atomic E-state index is -2.09. The van der Waals surface area contributed by atoms with Gasteiger partial charge in [-0.1, -0.05) is 145 Å². The van der Waals surface area contributed by atoms with E-state index in [2.05, 4.69) is 188 Å². The fourth-order valence-electron chi connectivity index (χ4n) is 9.04. The molecule has 3 heterocycles. The van der Waals surface area contributed by atoms with Crippen molar-refractivity contribution in [1.82, 2.24) is 0 Å². The van der Waals surface area contributed by atoms with E-state index < -0.39 is 8.07 Å². The number of hydrogen-bond donors (Lipinski definition) is 0. The van der Waals surface area contributed by atoms with E-state index in [1.165, 1.54) is 78.3 Å². The van der Waals surface area contributed by atoms with Crippen LogP contribution < -0.4 is 36.6 Å². The van der Waals surface area contributed by atoms with Gasteiger partial charge in [0.1, 0.15) is 8.07 Å². The van der Waals surface area contributed by atoms with E-state index in [4.69, 9.17) is 0 Å². The van der Waals surface area contributed by atoms with Crippen molar-refractivity contribution in [3.8, 4) is 22.3 Å². The lowest BCUT2D eigenvalue weighted by Crippen LogP contribution is -2.79. The number of para-hydroxylation sites is 2. The van der Waals surface area contributed by atoms with E-state index in [0.29, 0.717) is 0 Å². The van der Waals surface area contributed by atoms with Gasteiger partial charge in [-0.2, -0.15) is 0 Å². The van der Waals surface area contributed by atoms with Gasteiger partial charge in [0.15, 0.2) is 0 Å². The van der Waals surface area contributed by atoms with Crippen LogP contribution in [0.1, 0.15) is 5.56 Å². The highest BCUT2D eigenvalue weighted by molar-refractivity contribution is 7.16. The van der Waals surface area contributed by atoms with E-state index in [9.17, 15) is 0 Å². The van der Waals surface area contributed by atoms with E-state index in [1.54, 1.807) is 10.4 Å². The van der Waals surface area contributed by atoms with Crippen LogP contribution in [0.25, 0.3) is 22.3 Å². The Morgan fingerprint density at radius 2 is 0.816 bits per heavy atom. The van der Waals surface area contributed by atoms with Crippen molar-refractivity contribution in [2.45, 2.75) is 20.0 Å². The van der Waals surface area contributed by atoms with Crippen LogP contribution in [0.4, 0.5) is 34.1 Å². The minimum absolute atomic E-state index is 0.170. The Bertz CT molecular complexity index is 2290. The molecule has 49 heavy (non-hydrogen) atoms. The van der Waals surface area contributed by atoms with Crippen molar-refractivity contribution in [2.75, 3.05) is 9.80 Å². The molecule has 0 saturated carbocycles. The second kappa shape index (κ2) is 10.5. The summed E-state index contributed by atoms with van der Waals surface area (Å²) in [5.41, 5.74) is 18.2. The van der Waals surface area contributed by atoms with Gasteiger partial charge in [-0.3, -0.25) is 0 Å². The number of aryl methyl sites for hydroxylation is 1. The Morgan fingerprint density at radius 3 is 1.29 bits per heavy atom. The lowest BCUT2D eigenvalue weighted by molar-refractivity contribution is 1.24. The Morgan fingerprint density at radius 1 is 0.408 bits per heavy atom. The molecule has 0 bridgehead atoms. The number of nitrogens with zero attached hydrogens (tertiary/aromatic N) is 2. The molecular weight excluding hydrogens is 607 g/mol. The van der Waals surface area contributed by atoms with Gasteiger partial charge in [0, 0.05) is 33.9 Å². The molecule has 7 aromatic carbocycles. The fraction of sp³-hybridized carbons (Fsp3) is 0.0667. The maximum atomic E-state index is 2.59. The first-order valence-corrected chi connectivity index (χ1v) is 20.3. The van der Waals surface area contributed by atoms with Crippen molar-refractivity contribution in [3.63, 3.8) is 0 Å². The first-order chi connectivity index (χ1) is 24.0. The van der Waals surface area contributed by atoms with Gasteiger partial charge < -0.3 is 9.80 Å². The summed E-state index contributed by atoms with van der Waals surface area (Å²) in [6.07, 6.45) is 0. The molecule has 0 aliphatic carbocycles. The lowest BCUT2D eigenvalue weighted by atomic mass is 9.33. The van der Waals surface area contributed by atoms with Gasteiger partial charge in [0.2, 0.25) is 0 Å². The summed E-state index contributed by atoms with van der Waals surface area (Å²) >= 11 is 0. The smallest absolute Gasteiger partial charge is 0.251 e. The van der Waals surface area contributed by atoms with Crippen LogP contribution in [0, 0.1) is 6.92 Å². The normalized spacial score (nSPS) is 14.5. The molecule has 2 nitrogen and oxygen atoms in total. The molecule has 3 aliphatic heterocycles. The van der Waals surface area contributed by atoms with Crippen LogP contribution in [0.2, 0.25) is 13.1 Å². The molecule has 0 atom stereocenters. The van der Waals surface area contributed by atoms with Gasteiger partial charge >= 0.3 is 0 Å². The summed E-state index contributed by atoms with van der Waals surface area (Å²) in [5.74, 6) is 0. The summed E-state index contributed by atoms with van der Waals surface area (Å²) < 4.78 is 0. The molecule has 0 unspecified atom stereocenters. The molecule has 0 spiro atoms. The summed E-state index contributed by atoms with van der Waals surface area (Å²) in [5, 5.41) is 3.11. The van der Waals surface area contributed by atoms with E-state index in [0.717, 1.165) is 0 Å². The highest BCUT2D eigenvalue weighted by Crippen LogP contribution is 2.48. The first-order valence-electron chi connectivity index (χ1n) is 17.3. The number of benzene rings is 7. The predicted molar refractivity (Wildman–Crippen MR) is 213 cm³/mol. The predicted octanol–water partition coefficient (Wildman–Crippen LogP) is 8.55. The van der Waals surface area contributed by atoms with Crippen LogP contribution in [0.15, 0.2) is 158 Å². The molecular formula is C45H35BN2Si. The van der Waals surface area contributed by atoms with Gasteiger partial charge in [0.05, 0.1) is 11.4 Å². The zero-order valence-electron chi connectivity index (χ0n) is 28.0. The standard InChI is InChI=1S/C45H35BN2Si/c1-30-28-39-43-40(29-30)48(36-23-13-11-21-34(36)32-18-8-5-9-19-32)38-25-15-27-42-45(38)46(43)44-37(24-14-26-41(44)49(42,2)3)47(39)35-22-12-10-20-33(35)31-16-6-4-7-17-31/h4-29H,1-3H3. The minimum Gasteiger partial charge on any atom is -0.311 e. The molecule has 232 valence electrons. The number of hydrogen-bond acceptors (Lipinski definition) is 2. The summed E-state index contributed by atoms with van der Waals surface area (Å²) in [4.78, 5) is 5.18. The summed E-state index contributed by atoms with van der Waals surface area (Å²) in [6, 6.07) is 58.8. The van der Waals surface area contributed by atoms with Crippen molar-refractivity contribution in [1.29, 1.82) is 0 Å². The van der Waals surface area contributed by atoms with Gasteiger partial charge in [0.25, 0.3) is 6.71 Å². The Hall–Kier alpha value is -5.58. The topological polar surface area (TPSA) is 6.48 Å². The van der Waals surface area contributed by atoms with Crippen LogP contribution in [-0.4, -0.2) is 14.8 Å². The van der Waals surface area contributed by atoms with Crippen molar-refractivity contribution >= 4 is 75.7 Å². The van der Waals surface area contributed by atoms with Gasteiger partial charge in [-0.25, -0.2) is 0 Å². The monoisotopic (exact) mass is 642 g/mol. The van der Waals surface area contributed by atoms with Gasteiger partial charge in [-0.05, 0) is 76.4 Å². The zero-order valence-corrected chi connectivity index (χ0v) is 29.0. The highest BCUT2D eigenvalue weighted by Gasteiger charge is 2.51. The molecule has 10 rings (SSSR count). The number of anilines is 6. The fourth-order valence-corrected chi connectivity index (χ4v) is 12.2. The molecule has 0 radical (unpaired) electrons. The quantitative estimate of drug-likeness (QED) is 0.178.